The molecule has 1 rings (SSSR count). The van der Waals surface area contributed by atoms with Crippen molar-refractivity contribution in [3.05, 3.63) is 35.9 Å². The van der Waals surface area contributed by atoms with Crippen LogP contribution in [0.3, 0.4) is 0 Å². The molecule has 1 atom stereocenters. The first-order chi connectivity index (χ1) is 9.41. The van der Waals surface area contributed by atoms with Crippen molar-refractivity contribution < 1.29 is 14.4 Å². The van der Waals surface area contributed by atoms with Gasteiger partial charge in [0.25, 0.3) is 11.8 Å². The molecule has 3 N–H and O–H groups in total. The zero-order valence-electron chi connectivity index (χ0n) is 11.8. The lowest BCUT2D eigenvalue weighted by atomic mass is 10.0. The first-order valence-corrected chi connectivity index (χ1v) is 6.34. The number of benzene rings is 1. The van der Waals surface area contributed by atoms with Crippen LogP contribution in [-0.4, -0.2) is 23.8 Å². The summed E-state index contributed by atoms with van der Waals surface area (Å²) in [5.74, 6) is -1.26. The molecule has 0 radical (unpaired) electrons. The van der Waals surface area contributed by atoms with Crippen LogP contribution in [0.4, 0.5) is 0 Å². The SMILES string of the molecule is CC(=O)N[C@H](C(=O)NNC(=O)c1ccccc1)C(C)C. The Bertz CT molecular complexity index is 486. The lowest BCUT2D eigenvalue weighted by molar-refractivity contribution is -0.129. The lowest BCUT2D eigenvalue weighted by Gasteiger charge is -2.20. The highest BCUT2D eigenvalue weighted by atomic mass is 16.2. The fraction of sp³-hybridized carbons (Fsp3) is 0.357. The fourth-order valence-electron chi connectivity index (χ4n) is 1.61. The third-order valence-corrected chi connectivity index (χ3v) is 2.64. The van der Waals surface area contributed by atoms with Gasteiger partial charge in [-0.15, -0.1) is 0 Å². The van der Waals surface area contributed by atoms with Crippen molar-refractivity contribution >= 4 is 17.7 Å². The molecule has 0 fully saturated rings. The second kappa shape index (κ2) is 7.28. The number of amides is 3. The Morgan fingerprint density at radius 3 is 2.10 bits per heavy atom. The quantitative estimate of drug-likeness (QED) is 0.705. The van der Waals surface area contributed by atoms with Crippen LogP contribution in [0.25, 0.3) is 0 Å². The molecule has 108 valence electrons. The van der Waals surface area contributed by atoms with Gasteiger partial charge in [-0.2, -0.15) is 0 Å². The monoisotopic (exact) mass is 277 g/mol. The topological polar surface area (TPSA) is 87.3 Å². The molecule has 0 aliphatic heterocycles. The maximum atomic E-state index is 11.9. The Kier molecular flexibility index (Phi) is 5.71. The molecule has 0 aromatic heterocycles. The second-order valence-corrected chi connectivity index (χ2v) is 4.73. The summed E-state index contributed by atoms with van der Waals surface area (Å²) in [7, 11) is 0. The van der Waals surface area contributed by atoms with Crippen LogP contribution < -0.4 is 16.2 Å². The third kappa shape index (κ3) is 4.72. The van der Waals surface area contributed by atoms with E-state index in [1.807, 2.05) is 0 Å². The summed E-state index contributed by atoms with van der Waals surface area (Å²) >= 11 is 0. The van der Waals surface area contributed by atoms with E-state index < -0.39 is 17.9 Å². The van der Waals surface area contributed by atoms with Crippen LogP contribution >= 0.6 is 0 Å². The van der Waals surface area contributed by atoms with E-state index in [-0.39, 0.29) is 11.8 Å². The van der Waals surface area contributed by atoms with Gasteiger partial charge in [0.05, 0.1) is 0 Å². The first-order valence-electron chi connectivity index (χ1n) is 6.34. The first kappa shape index (κ1) is 15.7. The van der Waals surface area contributed by atoms with Gasteiger partial charge in [-0.1, -0.05) is 32.0 Å². The van der Waals surface area contributed by atoms with Gasteiger partial charge in [0.2, 0.25) is 5.91 Å². The second-order valence-electron chi connectivity index (χ2n) is 4.73. The van der Waals surface area contributed by atoms with Crippen LogP contribution in [0.1, 0.15) is 31.1 Å². The van der Waals surface area contributed by atoms with E-state index in [1.165, 1.54) is 6.92 Å². The van der Waals surface area contributed by atoms with Crippen LogP contribution in [0.15, 0.2) is 30.3 Å². The average molecular weight is 277 g/mol. The molecule has 0 heterocycles. The van der Waals surface area contributed by atoms with E-state index >= 15 is 0 Å². The molecule has 3 amide bonds. The summed E-state index contributed by atoms with van der Waals surface area (Å²) in [6.45, 7) is 4.95. The van der Waals surface area contributed by atoms with Crippen molar-refractivity contribution in [1.82, 2.24) is 16.2 Å². The summed E-state index contributed by atoms with van der Waals surface area (Å²) < 4.78 is 0. The molecule has 0 aliphatic carbocycles. The molecule has 0 spiro atoms. The highest BCUT2D eigenvalue weighted by Gasteiger charge is 2.23. The van der Waals surface area contributed by atoms with E-state index in [0.29, 0.717) is 5.56 Å². The number of nitrogens with one attached hydrogen (secondary N) is 3. The molecular weight excluding hydrogens is 258 g/mol. The van der Waals surface area contributed by atoms with E-state index in [4.69, 9.17) is 0 Å². The Morgan fingerprint density at radius 2 is 1.60 bits per heavy atom. The predicted molar refractivity (Wildman–Crippen MR) is 74.5 cm³/mol. The largest absolute Gasteiger partial charge is 0.344 e. The van der Waals surface area contributed by atoms with Crippen molar-refractivity contribution in [1.29, 1.82) is 0 Å². The van der Waals surface area contributed by atoms with Gasteiger partial charge in [0.15, 0.2) is 0 Å². The summed E-state index contributed by atoms with van der Waals surface area (Å²) in [6, 6.07) is 7.82. The normalized spacial score (nSPS) is 11.6. The van der Waals surface area contributed by atoms with E-state index in [2.05, 4.69) is 16.2 Å². The molecule has 0 bridgehead atoms. The molecule has 6 heteroatoms. The Hall–Kier alpha value is -2.37. The predicted octanol–water partition coefficient (Wildman–Crippen LogP) is 0.608. The smallest absolute Gasteiger partial charge is 0.269 e. The molecule has 20 heavy (non-hydrogen) atoms. The van der Waals surface area contributed by atoms with Crippen molar-refractivity contribution in [3.63, 3.8) is 0 Å². The van der Waals surface area contributed by atoms with Crippen molar-refractivity contribution in [2.45, 2.75) is 26.8 Å². The minimum absolute atomic E-state index is 0.0903. The summed E-state index contributed by atoms with van der Waals surface area (Å²) in [5, 5.41) is 2.54. The minimum Gasteiger partial charge on any atom is -0.344 e. The standard InChI is InChI=1S/C14H19N3O3/c1-9(2)12(15-10(3)18)14(20)17-16-13(19)11-7-5-4-6-8-11/h4-9,12H,1-3H3,(H,15,18)(H,16,19)(H,17,20)/t12-/m0/s1. The van der Waals surface area contributed by atoms with Crippen LogP contribution in [-0.2, 0) is 9.59 Å². The summed E-state index contributed by atoms with van der Waals surface area (Å²) in [6.07, 6.45) is 0. The molecule has 1 aromatic rings. The molecule has 0 saturated carbocycles. The Labute approximate surface area is 117 Å². The van der Waals surface area contributed by atoms with Gasteiger partial charge in [0.1, 0.15) is 6.04 Å². The average Bonchev–Trinajstić information content (AvgIpc) is 2.42. The zero-order chi connectivity index (χ0) is 15.1. The van der Waals surface area contributed by atoms with Crippen LogP contribution in [0, 0.1) is 5.92 Å². The number of hydrogen-bond donors (Lipinski definition) is 3. The summed E-state index contributed by atoms with van der Waals surface area (Å²) in [4.78, 5) is 34.7. The summed E-state index contributed by atoms with van der Waals surface area (Å²) in [5.41, 5.74) is 5.07. The Morgan fingerprint density at radius 1 is 1.00 bits per heavy atom. The number of carbonyl (C=O) groups excluding carboxylic acids is 3. The third-order valence-electron chi connectivity index (χ3n) is 2.64. The number of hydrogen-bond acceptors (Lipinski definition) is 3. The molecule has 0 unspecified atom stereocenters. The number of hydrazine groups is 1. The zero-order valence-corrected chi connectivity index (χ0v) is 11.8. The van der Waals surface area contributed by atoms with Gasteiger partial charge in [0, 0.05) is 12.5 Å². The van der Waals surface area contributed by atoms with E-state index in [1.54, 1.807) is 44.2 Å². The Balaban J connectivity index is 2.57. The van der Waals surface area contributed by atoms with Crippen LogP contribution in [0.2, 0.25) is 0 Å². The molecule has 6 nitrogen and oxygen atoms in total. The van der Waals surface area contributed by atoms with Crippen molar-refractivity contribution in [2.75, 3.05) is 0 Å². The van der Waals surface area contributed by atoms with Gasteiger partial charge in [-0.3, -0.25) is 25.2 Å². The molecule has 1 aromatic carbocycles. The minimum atomic E-state index is -0.691. The van der Waals surface area contributed by atoms with Gasteiger partial charge >= 0.3 is 0 Å². The van der Waals surface area contributed by atoms with Gasteiger partial charge in [-0.05, 0) is 18.1 Å². The molecule has 0 aliphatic rings. The van der Waals surface area contributed by atoms with Gasteiger partial charge < -0.3 is 5.32 Å². The number of carbonyl (C=O) groups is 3. The maximum Gasteiger partial charge on any atom is 0.269 e. The van der Waals surface area contributed by atoms with Crippen molar-refractivity contribution in [2.24, 2.45) is 5.92 Å². The maximum absolute atomic E-state index is 11.9. The lowest BCUT2D eigenvalue weighted by Crippen LogP contribution is -2.54. The van der Waals surface area contributed by atoms with Crippen molar-refractivity contribution in [3.8, 4) is 0 Å². The van der Waals surface area contributed by atoms with Gasteiger partial charge in [-0.25, -0.2) is 0 Å². The molecular formula is C14H19N3O3. The molecule has 0 saturated heterocycles. The highest BCUT2D eigenvalue weighted by Crippen LogP contribution is 2.01. The highest BCUT2D eigenvalue weighted by molar-refractivity contribution is 5.96. The van der Waals surface area contributed by atoms with E-state index in [9.17, 15) is 14.4 Å². The van der Waals surface area contributed by atoms with Crippen LogP contribution in [0.5, 0.6) is 0 Å². The fourth-order valence-corrected chi connectivity index (χ4v) is 1.61. The van der Waals surface area contributed by atoms with E-state index in [0.717, 1.165) is 0 Å². The number of rotatable bonds is 4.